The van der Waals surface area contributed by atoms with Crippen molar-refractivity contribution in [1.82, 2.24) is 4.98 Å². The fourth-order valence-corrected chi connectivity index (χ4v) is 1.87. The highest BCUT2D eigenvalue weighted by Gasteiger charge is 2.31. The van der Waals surface area contributed by atoms with Gasteiger partial charge in [-0.15, -0.1) is 0 Å². The molecular weight excluding hydrogens is 190 g/mol. The van der Waals surface area contributed by atoms with E-state index < -0.39 is 0 Å². The fourth-order valence-electron chi connectivity index (χ4n) is 1.87. The molecule has 2 heterocycles. The lowest BCUT2D eigenvalue weighted by molar-refractivity contribution is 0.0639. The zero-order valence-corrected chi connectivity index (χ0v) is 9.23. The van der Waals surface area contributed by atoms with Gasteiger partial charge in [-0.3, -0.25) is 0 Å². The van der Waals surface area contributed by atoms with Crippen molar-refractivity contribution in [2.45, 2.75) is 19.4 Å². The van der Waals surface area contributed by atoms with Crippen molar-refractivity contribution in [2.24, 2.45) is 0 Å². The second kappa shape index (κ2) is 3.70. The number of ether oxygens (including phenoxy) is 1. The molecule has 0 aliphatic carbocycles. The number of hydrogen-bond donors (Lipinski definition) is 1. The summed E-state index contributed by atoms with van der Waals surface area (Å²) in [5.74, 6) is 1.50. The number of nitrogen functional groups attached to an aromatic ring is 1. The fraction of sp³-hybridized carbons (Fsp3) is 0.545. The molecule has 0 aromatic carbocycles. The Bertz CT molecular complexity index is 351. The van der Waals surface area contributed by atoms with Crippen LogP contribution in [0.3, 0.4) is 0 Å². The Balaban J connectivity index is 2.29. The molecule has 0 radical (unpaired) electrons. The first-order chi connectivity index (χ1) is 7.09. The van der Waals surface area contributed by atoms with Gasteiger partial charge in [-0.05, 0) is 26.0 Å². The van der Waals surface area contributed by atoms with Crippen LogP contribution in [-0.4, -0.2) is 30.3 Å². The Labute approximate surface area is 90.0 Å². The summed E-state index contributed by atoms with van der Waals surface area (Å²) in [6.45, 7) is 6.64. The lowest BCUT2D eigenvalue weighted by Gasteiger charge is -2.42. The molecule has 0 amide bonds. The van der Waals surface area contributed by atoms with Gasteiger partial charge in [0.15, 0.2) is 0 Å². The summed E-state index contributed by atoms with van der Waals surface area (Å²) in [7, 11) is 0. The van der Waals surface area contributed by atoms with Crippen molar-refractivity contribution in [3.63, 3.8) is 0 Å². The number of nitrogens with two attached hydrogens (primary N) is 1. The number of nitrogens with zero attached hydrogens (tertiary/aromatic N) is 2. The molecule has 0 bridgehead atoms. The molecule has 0 unspecified atom stereocenters. The number of anilines is 2. The third-order valence-corrected chi connectivity index (χ3v) is 2.68. The van der Waals surface area contributed by atoms with Crippen LogP contribution < -0.4 is 10.6 Å². The minimum absolute atomic E-state index is 0.0148. The second-order valence-electron chi connectivity index (χ2n) is 4.44. The summed E-state index contributed by atoms with van der Waals surface area (Å²) in [5.41, 5.74) is 5.67. The third-order valence-electron chi connectivity index (χ3n) is 2.68. The van der Waals surface area contributed by atoms with E-state index in [1.165, 1.54) is 0 Å². The molecule has 82 valence electrons. The molecule has 2 rings (SSSR count). The molecule has 0 spiro atoms. The second-order valence-corrected chi connectivity index (χ2v) is 4.44. The van der Waals surface area contributed by atoms with E-state index in [1.807, 2.05) is 12.1 Å². The monoisotopic (exact) mass is 207 g/mol. The van der Waals surface area contributed by atoms with E-state index in [2.05, 4.69) is 23.7 Å². The molecule has 15 heavy (non-hydrogen) atoms. The van der Waals surface area contributed by atoms with Crippen LogP contribution in [0, 0.1) is 0 Å². The first kappa shape index (κ1) is 10.2. The SMILES string of the molecule is CC1(C)COCCN1c1cccc(N)n1. The van der Waals surface area contributed by atoms with Crippen molar-refractivity contribution in [2.75, 3.05) is 30.4 Å². The van der Waals surface area contributed by atoms with Crippen LogP contribution in [0.2, 0.25) is 0 Å². The Hall–Kier alpha value is -1.29. The highest BCUT2D eigenvalue weighted by Crippen LogP contribution is 2.25. The van der Waals surface area contributed by atoms with Gasteiger partial charge in [-0.2, -0.15) is 0 Å². The van der Waals surface area contributed by atoms with Gasteiger partial charge in [0, 0.05) is 6.54 Å². The molecule has 1 aliphatic heterocycles. The van der Waals surface area contributed by atoms with Gasteiger partial charge >= 0.3 is 0 Å². The third kappa shape index (κ3) is 2.04. The maximum absolute atomic E-state index is 5.68. The maximum Gasteiger partial charge on any atom is 0.131 e. The predicted molar refractivity (Wildman–Crippen MR) is 60.9 cm³/mol. The molecule has 4 heteroatoms. The molecule has 4 nitrogen and oxygen atoms in total. The highest BCUT2D eigenvalue weighted by atomic mass is 16.5. The highest BCUT2D eigenvalue weighted by molar-refractivity contribution is 5.47. The lowest BCUT2D eigenvalue weighted by Crippen LogP contribution is -2.53. The summed E-state index contributed by atoms with van der Waals surface area (Å²) >= 11 is 0. The van der Waals surface area contributed by atoms with E-state index >= 15 is 0 Å². The minimum Gasteiger partial charge on any atom is -0.384 e. The van der Waals surface area contributed by atoms with Gasteiger partial charge in [-0.25, -0.2) is 4.98 Å². The summed E-state index contributed by atoms with van der Waals surface area (Å²) in [6, 6.07) is 5.73. The molecule has 1 fully saturated rings. The van der Waals surface area contributed by atoms with Gasteiger partial charge in [0.25, 0.3) is 0 Å². The topological polar surface area (TPSA) is 51.4 Å². The summed E-state index contributed by atoms with van der Waals surface area (Å²) < 4.78 is 5.47. The molecule has 2 N–H and O–H groups in total. The Morgan fingerprint density at radius 2 is 2.27 bits per heavy atom. The van der Waals surface area contributed by atoms with E-state index in [-0.39, 0.29) is 5.54 Å². The predicted octanol–water partition coefficient (Wildman–Crippen LogP) is 1.28. The van der Waals surface area contributed by atoms with Crippen molar-refractivity contribution in [1.29, 1.82) is 0 Å². The average molecular weight is 207 g/mol. The number of pyridine rings is 1. The summed E-state index contributed by atoms with van der Waals surface area (Å²) in [5, 5.41) is 0. The van der Waals surface area contributed by atoms with E-state index in [1.54, 1.807) is 6.07 Å². The first-order valence-corrected chi connectivity index (χ1v) is 5.17. The average Bonchev–Trinajstić information content (AvgIpc) is 2.17. The Kier molecular flexibility index (Phi) is 2.52. The Morgan fingerprint density at radius 1 is 1.47 bits per heavy atom. The molecule has 0 saturated carbocycles. The quantitative estimate of drug-likeness (QED) is 0.753. The number of morpholine rings is 1. The summed E-state index contributed by atoms with van der Waals surface area (Å²) in [4.78, 5) is 6.58. The van der Waals surface area contributed by atoms with E-state index in [4.69, 9.17) is 10.5 Å². The first-order valence-electron chi connectivity index (χ1n) is 5.17. The van der Waals surface area contributed by atoms with Crippen LogP contribution >= 0.6 is 0 Å². The van der Waals surface area contributed by atoms with Gasteiger partial charge in [0.05, 0.1) is 18.8 Å². The smallest absolute Gasteiger partial charge is 0.131 e. The molecule has 1 aromatic rings. The zero-order valence-electron chi connectivity index (χ0n) is 9.23. The number of rotatable bonds is 1. The van der Waals surface area contributed by atoms with Crippen LogP contribution in [-0.2, 0) is 4.74 Å². The van der Waals surface area contributed by atoms with Gasteiger partial charge < -0.3 is 15.4 Å². The van der Waals surface area contributed by atoms with Crippen LogP contribution in [0.25, 0.3) is 0 Å². The van der Waals surface area contributed by atoms with Crippen LogP contribution in [0.1, 0.15) is 13.8 Å². The van der Waals surface area contributed by atoms with Crippen LogP contribution in [0.15, 0.2) is 18.2 Å². The van der Waals surface area contributed by atoms with Crippen molar-refractivity contribution in [3.05, 3.63) is 18.2 Å². The maximum atomic E-state index is 5.68. The molecule has 0 atom stereocenters. The zero-order chi connectivity index (χ0) is 10.9. The van der Waals surface area contributed by atoms with Gasteiger partial charge in [-0.1, -0.05) is 6.07 Å². The summed E-state index contributed by atoms with van der Waals surface area (Å²) in [6.07, 6.45) is 0. The molecule has 1 saturated heterocycles. The van der Waals surface area contributed by atoms with E-state index in [0.717, 1.165) is 25.6 Å². The van der Waals surface area contributed by atoms with E-state index in [9.17, 15) is 0 Å². The molecule has 1 aliphatic rings. The van der Waals surface area contributed by atoms with Crippen LogP contribution in [0.5, 0.6) is 0 Å². The normalized spacial score (nSPS) is 20.3. The van der Waals surface area contributed by atoms with E-state index in [0.29, 0.717) is 5.82 Å². The Morgan fingerprint density at radius 3 is 2.93 bits per heavy atom. The van der Waals surface area contributed by atoms with Gasteiger partial charge in [0.2, 0.25) is 0 Å². The standard InChI is InChI=1S/C11H17N3O/c1-11(2)8-15-7-6-14(11)10-5-3-4-9(12)13-10/h3-5H,6-8H2,1-2H3,(H2,12,13). The largest absolute Gasteiger partial charge is 0.384 e. The minimum atomic E-state index is -0.0148. The van der Waals surface area contributed by atoms with Gasteiger partial charge in [0.1, 0.15) is 11.6 Å². The van der Waals surface area contributed by atoms with Crippen molar-refractivity contribution < 1.29 is 4.74 Å². The number of aromatic nitrogens is 1. The van der Waals surface area contributed by atoms with Crippen molar-refractivity contribution >= 4 is 11.6 Å². The molecule has 1 aromatic heterocycles. The van der Waals surface area contributed by atoms with Crippen LogP contribution in [0.4, 0.5) is 11.6 Å². The lowest BCUT2D eigenvalue weighted by atomic mass is 10.0. The molecular formula is C11H17N3O. The number of hydrogen-bond acceptors (Lipinski definition) is 4. The van der Waals surface area contributed by atoms with Crippen molar-refractivity contribution in [3.8, 4) is 0 Å².